The van der Waals surface area contributed by atoms with Crippen LogP contribution in [-0.2, 0) is 12.8 Å². The van der Waals surface area contributed by atoms with Crippen LogP contribution < -0.4 is 15.0 Å². The van der Waals surface area contributed by atoms with Crippen molar-refractivity contribution in [3.63, 3.8) is 0 Å². The molecule has 0 saturated carbocycles. The molecule has 0 aliphatic rings. The van der Waals surface area contributed by atoms with Gasteiger partial charge in [-0.15, -0.1) is 0 Å². The Balaban J connectivity index is 1.34. The van der Waals surface area contributed by atoms with Crippen LogP contribution >= 0.6 is 0 Å². The maximum atomic E-state index is 13.5. The van der Waals surface area contributed by atoms with E-state index in [2.05, 4.69) is 10.1 Å². The first-order chi connectivity index (χ1) is 20.8. The smallest absolute Gasteiger partial charge is 0.416 e. The topological polar surface area (TPSA) is 65.7 Å². The summed E-state index contributed by atoms with van der Waals surface area (Å²) in [6.45, 7) is 0.323. The molecule has 9 heteroatoms. The summed E-state index contributed by atoms with van der Waals surface area (Å²) in [5.41, 5.74) is 0.675. The van der Waals surface area contributed by atoms with Gasteiger partial charge in [-0.25, -0.2) is 4.98 Å². The highest BCUT2D eigenvalue weighted by molar-refractivity contribution is 5.86. The van der Waals surface area contributed by atoms with E-state index >= 15 is 0 Å². The third-order valence-electron chi connectivity index (χ3n) is 6.97. The third kappa shape index (κ3) is 5.70. The molecule has 0 aliphatic heterocycles. The maximum absolute atomic E-state index is 13.5. The summed E-state index contributed by atoms with van der Waals surface area (Å²) in [7, 11) is 1.52. The number of alkyl halides is 3. The van der Waals surface area contributed by atoms with Gasteiger partial charge in [-0.3, -0.25) is 4.79 Å². The van der Waals surface area contributed by atoms with Gasteiger partial charge < -0.3 is 9.47 Å². The number of para-hydroxylation sites is 1. The summed E-state index contributed by atoms with van der Waals surface area (Å²) in [5.74, 6) is 0.945. The van der Waals surface area contributed by atoms with Crippen LogP contribution in [0.5, 0.6) is 11.5 Å². The number of rotatable bonds is 7. The van der Waals surface area contributed by atoms with E-state index in [4.69, 9.17) is 9.47 Å². The molecule has 0 N–H and O–H groups in total. The van der Waals surface area contributed by atoms with Crippen LogP contribution in [0, 0.1) is 0 Å². The Morgan fingerprint density at radius 2 is 1.58 bits per heavy atom. The quantitative estimate of drug-likeness (QED) is 0.182. The molecule has 0 atom stereocenters. The van der Waals surface area contributed by atoms with Crippen LogP contribution in [0.3, 0.4) is 0 Å². The number of fused-ring (bicyclic) bond motifs is 2. The summed E-state index contributed by atoms with van der Waals surface area (Å²) in [6, 6.07) is 30.5. The first-order valence-electron chi connectivity index (χ1n) is 13.3. The Labute approximate surface area is 244 Å². The molecule has 1 heterocycles. The van der Waals surface area contributed by atoms with Crippen LogP contribution in [0.25, 0.3) is 33.1 Å². The van der Waals surface area contributed by atoms with Crippen molar-refractivity contribution in [1.29, 1.82) is 0 Å². The average molecular weight is 580 g/mol. The lowest BCUT2D eigenvalue weighted by atomic mass is 10.1. The van der Waals surface area contributed by atoms with Crippen LogP contribution in [-0.4, -0.2) is 23.0 Å². The van der Waals surface area contributed by atoms with Crippen LogP contribution in [0.1, 0.15) is 16.7 Å². The lowest BCUT2D eigenvalue weighted by molar-refractivity contribution is -0.137. The van der Waals surface area contributed by atoms with Gasteiger partial charge in [0.15, 0.2) is 17.3 Å². The molecule has 1 aromatic heterocycles. The number of nitrogens with zero attached hydrogens (tertiary/aromatic N) is 3. The van der Waals surface area contributed by atoms with Crippen LogP contribution in [0.2, 0.25) is 0 Å². The normalized spacial score (nSPS) is 11.8. The van der Waals surface area contributed by atoms with E-state index in [-0.39, 0.29) is 16.8 Å². The Morgan fingerprint density at radius 1 is 0.837 bits per heavy atom. The van der Waals surface area contributed by atoms with E-state index in [1.807, 2.05) is 42.5 Å². The summed E-state index contributed by atoms with van der Waals surface area (Å²) in [6.07, 6.45) is -3.14. The molecule has 0 amide bonds. The summed E-state index contributed by atoms with van der Waals surface area (Å²) in [4.78, 5) is 18.0. The molecule has 0 bridgehead atoms. The lowest BCUT2D eigenvalue weighted by Gasteiger charge is -2.13. The molecule has 0 aliphatic carbocycles. The van der Waals surface area contributed by atoms with Gasteiger partial charge in [0, 0.05) is 5.56 Å². The molecule has 0 fully saturated rings. The fraction of sp³-hybridized carbons (Fsp3) is 0.0882. The first-order valence-corrected chi connectivity index (χ1v) is 13.3. The SMILES string of the molecule is COc1cc(C=Nn2c(-c3cccc(C(F)(F)F)c3)nc3ccccc3c2=O)ccc1OCc1cccc2ccccc12. The Kier molecular flexibility index (Phi) is 7.38. The number of ether oxygens (including phenoxy) is 2. The summed E-state index contributed by atoms with van der Waals surface area (Å²) >= 11 is 0. The maximum Gasteiger partial charge on any atom is 0.416 e. The van der Waals surface area contributed by atoms with E-state index < -0.39 is 17.3 Å². The van der Waals surface area contributed by atoms with E-state index in [0.29, 0.717) is 29.2 Å². The summed E-state index contributed by atoms with van der Waals surface area (Å²) < 4.78 is 53.1. The molecule has 0 radical (unpaired) electrons. The Hall–Kier alpha value is -5.44. The predicted molar refractivity (Wildman–Crippen MR) is 161 cm³/mol. The van der Waals surface area contributed by atoms with Gasteiger partial charge in [-0.2, -0.15) is 22.9 Å². The number of methoxy groups -OCH3 is 1. The fourth-order valence-electron chi connectivity index (χ4n) is 4.83. The largest absolute Gasteiger partial charge is 0.493 e. The van der Waals surface area contributed by atoms with E-state index in [1.54, 1.807) is 42.5 Å². The second-order valence-electron chi connectivity index (χ2n) is 9.73. The van der Waals surface area contributed by atoms with Gasteiger partial charge in [0.1, 0.15) is 6.61 Å². The van der Waals surface area contributed by atoms with Crippen molar-refractivity contribution in [3.8, 4) is 22.9 Å². The van der Waals surface area contributed by atoms with Crippen molar-refractivity contribution >= 4 is 27.9 Å². The van der Waals surface area contributed by atoms with Gasteiger partial charge in [0.2, 0.25) is 0 Å². The molecule has 6 nitrogen and oxygen atoms in total. The number of hydrogen-bond acceptors (Lipinski definition) is 5. The molecule has 6 aromatic rings. The van der Waals surface area contributed by atoms with E-state index in [0.717, 1.165) is 33.1 Å². The standard InChI is InChI=1S/C34H24F3N3O3/c1-42-31-18-22(16-17-30(31)43-21-25-11-6-9-23-8-2-3-13-27(23)25)20-38-40-32(24-10-7-12-26(19-24)34(35,36)37)39-29-15-5-4-14-28(29)33(40)41/h2-20H,21H2,1H3. The molecule has 43 heavy (non-hydrogen) atoms. The molecule has 0 saturated heterocycles. The number of benzene rings is 5. The Bertz CT molecular complexity index is 2050. The minimum atomic E-state index is -4.56. The van der Waals surface area contributed by atoms with Crippen molar-refractivity contribution in [2.75, 3.05) is 7.11 Å². The first kappa shape index (κ1) is 27.7. The predicted octanol–water partition coefficient (Wildman–Crippen LogP) is 7.71. The van der Waals surface area contributed by atoms with E-state index in [9.17, 15) is 18.0 Å². The third-order valence-corrected chi connectivity index (χ3v) is 6.97. The molecule has 214 valence electrons. The fourth-order valence-corrected chi connectivity index (χ4v) is 4.83. The molecular formula is C34H24F3N3O3. The van der Waals surface area contributed by atoms with E-state index in [1.165, 1.54) is 25.5 Å². The van der Waals surface area contributed by atoms with Crippen LogP contribution in [0.15, 0.2) is 119 Å². The molecule has 5 aromatic carbocycles. The number of halogens is 3. The second-order valence-corrected chi connectivity index (χ2v) is 9.73. The van der Waals surface area contributed by atoms with Crippen molar-refractivity contribution in [3.05, 3.63) is 136 Å². The zero-order chi connectivity index (χ0) is 30.0. The number of aromatic nitrogens is 2. The molecule has 0 unspecified atom stereocenters. The van der Waals surface area contributed by atoms with Gasteiger partial charge in [-0.1, -0.05) is 66.7 Å². The van der Waals surface area contributed by atoms with Crippen molar-refractivity contribution < 1.29 is 22.6 Å². The molecule has 0 spiro atoms. The highest BCUT2D eigenvalue weighted by atomic mass is 19.4. The summed E-state index contributed by atoms with van der Waals surface area (Å²) in [5, 5.41) is 6.86. The number of hydrogen-bond donors (Lipinski definition) is 0. The van der Waals surface area contributed by atoms with Gasteiger partial charge in [-0.05, 0) is 64.4 Å². The second kappa shape index (κ2) is 11.4. The molecular weight excluding hydrogens is 555 g/mol. The highest BCUT2D eigenvalue weighted by Crippen LogP contribution is 2.32. The van der Waals surface area contributed by atoms with Crippen molar-refractivity contribution in [2.45, 2.75) is 12.8 Å². The molecule has 6 rings (SSSR count). The monoisotopic (exact) mass is 579 g/mol. The van der Waals surface area contributed by atoms with Gasteiger partial charge >= 0.3 is 6.18 Å². The Morgan fingerprint density at radius 3 is 2.40 bits per heavy atom. The van der Waals surface area contributed by atoms with Gasteiger partial charge in [0.05, 0.1) is 29.8 Å². The minimum absolute atomic E-state index is 0.0203. The van der Waals surface area contributed by atoms with Crippen LogP contribution in [0.4, 0.5) is 13.2 Å². The highest BCUT2D eigenvalue weighted by Gasteiger charge is 2.31. The van der Waals surface area contributed by atoms with Gasteiger partial charge in [0.25, 0.3) is 5.56 Å². The zero-order valence-corrected chi connectivity index (χ0v) is 22.9. The van der Waals surface area contributed by atoms with Crippen molar-refractivity contribution in [2.24, 2.45) is 5.10 Å². The minimum Gasteiger partial charge on any atom is -0.493 e. The van der Waals surface area contributed by atoms with Crippen molar-refractivity contribution in [1.82, 2.24) is 9.66 Å². The zero-order valence-electron chi connectivity index (χ0n) is 22.9. The average Bonchev–Trinajstić information content (AvgIpc) is 3.03. The lowest BCUT2D eigenvalue weighted by Crippen LogP contribution is -2.20.